The molecule has 2 fully saturated rings. The maximum Gasteiger partial charge on any atom is 0.270 e. The van der Waals surface area contributed by atoms with Crippen LogP contribution in [-0.4, -0.2) is 61.3 Å². The van der Waals surface area contributed by atoms with Crippen LogP contribution in [0.25, 0.3) is 0 Å². The van der Waals surface area contributed by atoms with E-state index in [-0.39, 0.29) is 11.9 Å². The van der Waals surface area contributed by atoms with Crippen LogP contribution in [0.2, 0.25) is 0 Å². The Hall–Kier alpha value is -2.67. The van der Waals surface area contributed by atoms with Crippen molar-refractivity contribution >= 4 is 17.7 Å². The van der Waals surface area contributed by atoms with Crippen LogP contribution in [0.5, 0.6) is 0 Å². The van der Waals surface area contributed by atoms with Gasteiger partial charge in [0.15, 0.2) is 0 Å². The molecule has 2 heterocycles. The molecule has 2 aliphatic rings. The van der Waals surface area contributed by atoms with E-state index in [2.05, 4.69) is 53.2 Å². The minimum atomic E-state index is -0.114. The summed E-state index contributed by atoms with van der Waals surface area (Å²) in [6.07, 6.45) is 3.30. The second-order valence-corrected chi connectivity index (χ2v) is 8.69. The lowest BCUT2D eigenvalue weighted by molar-refractivity contribution is 0.0946. The van der Waals surface area contributed by atoms with Crippen molar-refractivity contribution in [3.05, 3.63) is 47.7 Å². The number of hydrogen-bond donors (Lipinski definition) is 1. The minimum absolute atomic E-state index is 0.114. The Morgan fingerprint density at radius 2 is 1.94 bits per heavy atom. The normalized spacial score (nSPS) is 16.4. The molecular formula is C24H33N5O2. The number of aromatic nitrogens is 2. The van der Waals surface area contributed by atoms with Gasteiger partial charge in [0.2, 0.25) is 5.95 Å². The highest BCUT2D eigenvalue weighted by Gasteiger charge is 2.24. The third-order valence-corrected chi connectivity index (χ3v) is 5.88. The Morgan fingerprint density at radius 1 is 1.19 bits per heavy atom. The molecule has 1 amide bonds. The van der Waals surface area contributed by atoms with Crippen molar-refractivity contribution in [1.29, 1.82) is 0 Å². The zero-order valence-corrected chi connectivity index (χ0v) is 18.6. The molecule has 4 rings (SSSR count). The quantitative estimate of drug-likeness (QED) is 0.669. The van der Waals surface area contributed by atoms with Crippen molar-refractivity contribution in [2.24, 2.45) is 5.92 Å². The van der Waals surface area contributed by atoms with E-state index in [9.17, 15) is 4.79 Å². The van der Waals surface area contributed by atoms with Gasteiger partial charge in [0, 0.05) is 38.3 Å². The van der Waals surface area contributed by atoms with E-state index in [0.29, 0.717) is 30.8 Å². The van der Waals surface area contributed by atoms with Gasteiger partial charge in [-0.3, -0.25) is 4.79 Å². The molecular weight excluding hydrogens is 390 g/mol. The highest BCUT2D eigenvalue weighted by Crippen LogP contribution is 2.28. The number of carbonyl (C=O) groups is 1. The number of amides is 1. The first kappa shape index (κ1) is 21.6. The van der Waals surface area contributed by atoms with E-state index in [1.807, 2.05) is 12.1 Å². The maximum absolute atomic E-state index is 12.9. The van der Waals surface area contributed by atoms with Gasteiger partial charge in [0.25, 0.3) is 5.91 Å². The number of ether oxygens (including phenoxy) is 1. The number of nitrogens with zero attached hydrogens (tertiary/aromatic N) is 4. The summed E-state index contributed by atoms with van der Waals surface area (Å²) in [6, 6.07) is 12.5. The van der Waals surface area contributed by atoms with Crippen molar-refractivity contribution in [3.63, 3.8) is 0 Å². The summed E-state index contributed by atoms with van der Waals surface area (Å²) in [5.41, 5.74) is 1.72. The minimum Gasteiger partial charge on any atom is -0.378 e. The van der Waals surface area contributed by atoms with Crippen molar-refractivity contribution in [2.45, 2.75) is 39.2 Å². The lowest BCUT2D eigenvalue weighted by atomic mass is 10.1. The first-order chi connectivity index (χ1) is 15.1. The first-order valence-electron chi connectivity index (χ1n) is 11.4. The highest BCUT2D eigenvalue weighted by molar-refractivity contribution is 5.93. The van der Waals surface area contributed by atoms with Gasteiger partial charge in [-0.2, -0.15) is 4.98 Å². The molecule has 0 bridgehead atoms. The second kappa shape index (κ2) is 10.1. The summed E-state index contributed by atoms with van der Waals surface area (Å²) >= 11 is 0. The monoisotopic (exact) mass is 423 g/mol. The third-order valence-electron chi connectivity index (χ3n) is 5.88. The van der Waals surface area contributed by atoms with Crippen LogP contribution < -0.4 is 15.1 Å². The molecule has 1 aromatic carbocycles. The fraction of sp³-hybridized carbons (Fsp3) is 0.542. The Morgan fingerprint density at radius 3 is 2.61 bits per heavy atom. The zero-order valence-electron chi connectivity index (χ0n) is 18.6. The molecule has 7 nitrogen and oxygen atoms in total. The molecule has 7 heteroatoms. The van der Waals surface area contributed by atoms with Crippen molar-refractivity contribution in [3.8, 4) is 0 Å². The van der Waals surface area contributed by atoms with Crippen LogP contribution in [0.3, 0.4) is 0 Å². The van der Waals surface area contributed by atoms with Crippen molar-refractivity contribution in [1.82, 2.24) is 15.3 Å². The average Bonchev–Trinajstić information content (AvgIpc) is 3.63. The Balaban J connectivity index is 1.58. The summed E-state index contributed by atoms with van der Waals surface area (Å²) in [7, 11) is 0. The van der Waals surface area contributed by atoms with E-state index in [1.165, 1.54) is 18.4 Å². The lowest BCUT2D eigenvalue weighted by Crippen LogP contribution is -2.39. The average molecular weight is 424 g/mol. The molecule has 1 saturated heterocycles. The van der Waals surface area contributed by atoms with Crippen LogP contribution in [0.1, 0.15) is 42.7 Å². The highest BCUT2D eigenvalue weighted by atomic mass is 16.5. The van der Waals surface area contributed by atoms with E-state index < -0.39 is 0 Å². The van der Waals surface area contributed by atoms with Gasteiger partial charge in [-0.25, -0.2) is 4.98 Å². The van der Waals surface area contributed by atoms with Crippen LogP contribution >= 0.6 is 0 Å². The predicted octanol–water partition coefficient (Wildman–Crippen LogP) is 2.91. The lowest BCUT2D eigenvalue weighted by Gasteiger charge is -2.31. The van der Waals surface area contributed by atoms with Crippen molar-refractivity contribution < 1.29 is 9.53 Å². The number of carbonyl (C=O) groups excluding carboxylic acids is 1. The van der Waals surface area contributed by atoms with Gasteiger partial charge >= 0.3 is 0 Å². The van der Waals surface area contributed by atoms with E-state index in [0.717, 1.165) is 38.4 Å². The summed E-state index contributed by atoms with van der Waals surface area (Å²) in [4.78, 5) is 26.8. The molecule has 0 unspecified atom stereocenters. The molecule has 1 N–H and O–H groups in total. The SMILES string of the molecule is CC(C)N(CCc1ccccc1)c1nc(C(=O)NCC2CC2)cc(N2CCOCC2)n1. The maximum atomic E-state index is 12.9. The number of benzene rings is 1. The predicted molar refractivity (Wildman–Crippen MR) is 123 cm³/mol. The van der Waals surface area contributed by atoms with Crippen LogP contribution in [0.15, 0.2) is 36.4 Å². The number of anilines is 2. The van der Waals surface area contributed by atoms with Gasteiger partial charge in [0.05, 0.1) is 13.2 Å². The van der Waals surface area contributed by atoms with Gasteiger partial charge < -0.3 is 19.9 Å². The number of nitrogens with one attached hydrogen (secondary N) is 1. The standard InChI is InChI=1S/C24H33N5O2/c1-18(2)29(11-10-19-6-4-3-5-7-19)24-26-21(23(30)25-17-20-8-9-20)16-22(27-24)28-12-14-31-15-13-28/h3-7,16,18,20H,8-15,17H2,1-2H3,(H,25,30). The number of hydrogen-bond acceptors (Lipinski definition) is 6. The fourth-order valence-electron chi connectivity index (χ4n) is 3.75. The molecule has 1 aliphatic carbocycles. The van der Waals surface area contributed by atoms with Gasteiger partial charge in [-0.05, 0) is 44.6 Å². The molecule has 1 aliphatic heterocycles. The van der Waals surface area contributed by atoms with Crippen LogP contribution in [-0.2, 0) is 11.2 Å². The van der Waals surface area contributed by atoms with Gasteiger partial charge in [0.1, 0.15) is 11.5 Å². The van der Waals surface area contributed by atoms with E-state index in [4.69, 9.17) is 14.7 Å². The molecule has 2 aromatic rings. The summed E-state index contributed by atoms with van der Waals surface area (Å²) in [5, 5.41) is 3.05. The van der Waals surface area contributed by atoms with Crippen LogP contribution in [0.4, 0.5) is 11.8 Å². The molecule has 1 saturated carbocycles. The molecule has 0 spiro atoms. The Kier molecular flexibility index (Phi) is 7.02. The third kappa shape index (κ3) is 5.94. The Labute approximate surface area is 184 Å². The number of morpholine rings is 1. The van der Waals surface area contributed by atoms with E-state index >= 15 is 0 Å². The van der Waals surface area contributed by atoms with Crippen LogP contribution in [0, 0.1) is 5.92 Å². The smallest absolute Gasteiger partial charge is 0.270 e. The fourth-order valence-corrected chi connectivity index (χ4v) is 3.75. The molecule has 31 heavy (non-hydrogen) atoms. The van der Waals surface area contributed by atoms with Gasteiger partial charge in [-0.15, -0.1) is 0 Å². The molecule has 1 aromatic heterocycles. The Bertz CT molecular complexity index is 864. The van der Waals surface area contributed by atoms with Gasteiger partial charge in [-0.1, -0.05) is 30.3 Å². The topological polar surface area (TPSA) is 70.6 Å². The molecule has 0 radical (unpaired) electrons. The van der Waals surface area contributed by atoms with Crippen molar-refractivity contribution in [2.75, 3.05) is 49.2 Å². The molecule has 0 atom stereocenters. The first-order valence-corrected chi connectivity index (χ1v) is 11.4. The second-order valence-electron chi connectivity index (χ2n) is 8.69. The summed E-state index contributed by atoms with van der Waals surface area (Å²) in [5.74, 6) is 1.93. The van der Waals surface area contributed by atoms with E-state index in [1.54, 1.807) is 0 Å². The number of rotatable bonds is 9. The summed E-state index contributed by atoms with van der Waals surface area (Å²) < 4.78 is 5.50. The summed E-state index contributed by atoms with van der Waals surface area (Å²) in [6.45, 7) is 8.68. The largest absolute Gasteiger partial charge is 0.378 e. The zero-order chi connectivity index (χ0) is 21.6. The molecule has 166 valence electrons.